The largest absolute Gasteiger partial charge is 0.456 e. The third-order valence-corrected chi connectivity index (χ3v) is 10.8. The number of hydrogen-bond donors (Lipinski definition) is 0. The number of hydrogen-bond acceptors (Lipinski definition) is 2. The average Bonchev–Trinajstić information content (AvgIpc) is 3.81. The van der Waals surface area contributed by atoms with E-state index >= 15 is 0 Å². The van der Waals surface area contributed by atoms with Crippen molar-refractivity contribution in [3.63, 3.8) is 0 Å². The number of fused-ring (bicyclic) bond motifs is 8. The monoisotopic (exact) mass is 682 g/mol. The molecule has 0 saturated carbocycles. The molecule has 2 nitrogen and oxygen atoms in total. The number of benzene rings is 9. The van der Waals surface area contributed by atoms with Crippen LogP contribution in [0.3, 0.4) is 0 Å². The highest BCUT2D eigenvalue weighted by Gasteiger charge is 2.48. The summed E-state index contributed by atoms with van der Waals surface area (Å²) in [6.45, 7) is 0. The van der Waals surface area contributed by atoms with Crippen LogP contribution in [0.5, 0.6) is 0 Å². The van der Waals surface area contributed by atoms with Gasteiger partial charge in [-0.1, -0.05) is 151 Å². The van der Waals surface area contributed by atoms with Crippen molar-refractivity contribution in [2.45, 2.75) is 5.41 Å². The smallest absolute Gasteiger partial charge is 0.135 e. The molecular weight excluding hydrogens is 643 g/mol. The first-order valence-electron chi connectivity index (χ1n) is 21.2. The molecule has 248 valence electrons. The topological polar surface area (TPSA) is 16.4 Å². The first kappa shape index (κ1) is 23.6. The molecule has 0 amide bonds. The summed E-state index contributed by atoms with van der Waals surface area (Å²) in [7, 11) is 0. The van der Waals surface area contributed by atoms with Crippen LogP contribution in [0.2, 0.25) is 0 Å². The Kier molecular flexibility index (Phi) is 5.14. The van der Waals surface area contributed by atoms with Gasteiger partial charge >= 0.3 is 0 Å². The van der Waals surface area contributed by atoms with Crippen molar-refractivity contribution in [2.24, 2.45) is 0 Å². The minimum absolute atomic E-state index is 0.0469. The third kappa shape index (κ3) is 4.33. The Balaban J connectivity index is 1.31. The second-order valence-corrected chi connectivity index (χ2v) is 13.5. The fourth-order valence-corrected chi connectivity index (χ4v) is 8.63. The van der Waals surface area contributed by atoms with Gasteiger partial charge in [0.15, 0.2) is 0 Å². The van der Waals surface area contributed by atoms with Crippen molar-refractivity contribution >= 4 is 60.5 Å². The molecule has 1 aliphatic carbocycles. The SMILES string of the molecule is [2H]c1c([2H])c([2H])c2c(C3(c4cccc5oc6ccccc6c45)c4ccccc4-c4cc(N(c5ccccc5)c5ccc6ccccc6c5)ccc43)c([2H])c([2H])c([2H])c2c1[2H]. The lowest BCUT2D eigenvalue weighted by atomic mass is 9.65. The molecule has 10 aromatic rings. The fraction of sp³-hybridized carbons (Fsp3) is 0.0196. The molecule has 1 atom stereocenters. The highest BCUT2D eigenvalue weighted by molar-refractivity contribution is 6.09. The van der Waals surface area contributed by atoms with Crippen LogP contribution < -0.4 is 4.90 Å². The summed E-state index contributed by atoms with van der Waals surface area (Å²) in [5.74, 6) is 0. The zero-order chi connectivity index (χ0) is 41.0. The number of anilines is 3. The summed E-state index contributed by atoms with van der Waals surface area (Å²) in [6, 6.07) is 49.9. The number of para-hydroxylation sites is 2. The zero-order valence-electron chi connectivity index (χ0n) is 35.4. The molecular formula is C51H33NO. The summed E-state index contributed by atoms with van der Waals surface area (Å²) in [4.78, 5) is 2.22. The molecule has 0 saturated heterocycles. The van der Waals surface area contributed by atoms with E-state index in [1.165, 1.54) is 0 Å². The molecule has 1 heterocycles. The Hall–Kier alpha value is -6.90. The molecule has 53 heavy (non-hydrogen) atoms. The Morgan fingerprint density at radius 1 is 0.415 bits per heavy atom. The van der Waals surface area contributed by atoms with Crippen LogP contribution in [-0.4, -0.2) is 0 Å². The molecule has 0 spiro atoms. The number of nitrogens with zero attached hydrogens (tertiary/aromatic N) is 1. The normalized spacial score (nSPS) is 16.7. The Morgan fingerprint density at radius 3 is 2.06 bits per heavy atom. The first-order chi connectivity index (χ1) is 29.2. The van der Waals surface area contributed by atoms with Crippen molar-refractivity contribution in [1.82, 2.24) is 0 Å². The van der Waals surface area contributed by atoms with E-state index in [0.717, 1.165) is 66.4 Å². The summed E-state index contributed by atoms with van der Waals surface area (Å²) in [5, 5.41) is 3.83. The van der Waals surface area contributed by atoms with Crippen LogP contribution in [0.1, 0.15) is 31.8 Å². The Labute approximate surface area is 317 Å². The molecule has 1 aromatic heterocycles. The molecule has 0 radical (unpaired) electrons. The molecule has 0 N–H and O–H groups in total. The standard InChI is InChI=1S/C51H33NO/c1-2-18-37(19-3-1)52(38-29-28-34-14-4-5-16-36(34)32-38)39-30-31-46-43(33-39)41-21-8-10-23-45(41)51(46,44-24-12-17-35-15-6-7-20-40(35)44)47-25-13-27-49-50(47)42-22-9-11-26-48(42)53-49/h1-33H/i6D,7D,12D,15D,17D,20D,24D. The fourth-order valence-electron chi connectivity index (χ4n) is 8.63. The molecule has 0 fully saturated rings. The first-order valence-corrected chi connectivity index (χ1v) is 17.7. The average molecular weight is 683 g/mol. The van der Waals surface area contributed by atoms with E-state index in [2.05, 4.69) is 71.6 Å². The minimum Gasteiger partial charge on any atom is -0.456 e. The maximum absolute atomic E-state index is 9.87. The van der Waals surface area contributed by atoms with E-state index in [1.54, 1.807) is 0 Å². The van der Waals surface area contributed by atoms with Gasteiger partial charge < -0.3 is 9.32 Å². The van der Waals surface area contributed by atoms with Gasteiger partial charge in [0.2, 0.25) is 0 Å². The van der Waals surface area contributed by atoms with Crippen LogP contribution in [-0.2, 0) is 5.41 Å². The van der Waals surface area contributed by atoms with E-state index in [0.29, 0.717) is 11.2 Å². The van der Waals surface area contributed by atoms with Crippen LogP contribution in [0.4, 0.5) is 17.1 Å². The molecule has 0 bridgehead atoms. The van der Waals surface area contributed by atoms with Gasteiger partial charge in [-0.25, -0.2) is 0 Å². The molecule has 0 aliphatic heterocycles. The minimum atomic E-state index is -1.42. The van der Waals surface area contributed by atoms with Gasteiger partial charge in [-0.15, -0.1) is 0 Å². The summed E-state index contributed by atoms with van der Waals surface area (Å²) >= 11 is 0. The predicted molar refractivity (Wildman–Crippen MR) is 221 cm³/mol. The van der Waals surface area contributed by atoms with Gasteiger partial charge in [0, 0.05) is 27.8 Å². The van der Waals surface area contributed by atoms with Crippen LogP contribution in [0, 0.1) is 0 Å². The van der Waals surface area contributed by atoms with E-state index in [1.807, 2.05) is 91.0 Å². The van der Waals surface area contributed by atoms with Gasteiger partial charge in [-0.3, -0.25) is 0 Å². The van der Waals surface area contributed by atoms with Crippen molar-refractivity contribution in [2.75, 3.05) is 4.90 Å². The van der Waals surface area contributed by atoms with E-state index in [-0.39, 0.29) is 28.4 Å². The van der Waals surface area contributed by atoms with Crippen LogP contribution >= 0.6 is 0 Å². The van der Waals surface area contributed by atoms with Crippen LogP contribution in [0.25, 0.3) is 54.6 Å². The summed E-state index contributed by atoms with van der Waals surface area (Å²) < 4.78 is 70.8. The second-order valence-electron chi connectivity index (χ2n) is 13.5. The molecule has 1 aliphatic rings. The quantitative estimate of drug-likeness (QED) is 0.180. The Morgan fingerprint density at radius 2 is 1.11 bits per heavy atom. The van der Waals surface area contributed by atoms with E-state index in [4.69, 9.17) is 9.90 Å². The second kappa shape index (κ2) is 11.6. The highest BCUT2D eigenvalue weighted by Crippen LogP contribution is 2.60. The van der Waals surface area contributed by atoms with Crippen molar-refractivity contribution in [1.29, 1.82) is 0 Å². The van der Waals surface area contributed by atoms with Crippen molar-refractivity contribution < 1.29 is 14.0 Å². The third-order valence-electron chi connectivity index (χ3n) is 10.8. The maximum atomic E-state index is 9.87. The molecule has 1 unspecified atom stereocenters. The Bertz CT molecular complexity index is 3430. The lowest BCUT2D eigenvalue weighted by molar-refractivity contribution is 0.667. The molecule has 2 heteroatoms. The van der Waals surface area contributed by atoms with Crippen molar-refractivity contribution in [3.05, 3.63) is 222 Å². The zero-order valence-corrected chi connectivity index (χ0v) is 28.4. The summed E-state index contributed by atoms with van der Waals surface area (Å²) in [5.41, 5.74) is 6.92. The molecule has 11 rings (SSSR count). The lowest BCUT2D eigenvalue weighted by Gasteiger charge is -2.35. The van der Waals surface area contributed by atoms with Gasteiger partial charge in [-0.05, 0) is 103 Å². The van der Waals surface area contributed by atoms with Gasteiger partial charge in [-0.2, -0.15) is 0 Å². The number of rotatable bonds is 5. The summed E-state index contributed by atoms with van der Waals surface area (Å²) in [6.07, 6.45) is 0. The lowest BCUT2D eigenvalue weighted by Crippen LogP contribution is -2.29. The van der Waals surface area contributed by atoms with E-state index < -0.39 is 35.6 Å². The highest BCUT2D eigenvalue weighted by atomic mass is 16.3. The maximum Gasteiger partial charge on any atom is 0.135 e. The predicted octanol–water partition coefficient (Wildman–Crippen LogP) is 13.7. The molecule has 9 aromatic carbocycles. The number of furan rings is 1. The van der Waals surface area contributed by atoms with Gasteiger partial charge in [0.25, 0.3) is 0 Å². The van der Waals surface area contributed by atoms with Crippen LogP contribution in [0.15, 0.2) is 204 Å². The van der Waals surface area contributed by atoms with Crippen molar-refractivity contribution in [3.8, 4) is 11.1 Å². The van der Waals surface area contributed by atoms with E-state index in [9.17, 15) is 4.11 Å². The van der Waals surface area contributed by atoms with Gasteiger partial charge in [0.05, 0.1) is 15.0 Å². The van der Waals surface area contributed by atoms with Gasteiger partial charge in [0.1, 0.15) is 11.2 Å².